The van der Waals surface area contributed by atoms with E-state index in [0.29, 0.717) is 30.6 Å². The van der Waals surface area contributed by atoms with Gasteiger partial charge >= 0.3 is 0 Å². The average molecular weight is 386 g/mol. The zero-order valence-corrected chi connectivity index (χ0v) is 17.2. The highest BCUT2D eigenvalue weighted by Gasteiger charge is 2.55. The Bertz CT molecular complexity index is 781. The lowest BCUT2D eigenvalue weighted by molar-refractivity contribution is -0.123. The lowest BCUT2D eigenvalue weighted by Crippen LogP contribution is -2.33. The molecular weight excluding hydrogens is 354 g/mol. The molecule has 1 aliphatic heterocycles. The molecule has 2 aliphatic carbocycles. The number of amides is 2. The number of nitrogens with one attached hydrogen (secondary N) is 1. The van der Waals surface area contributed by atoms with Crippen molar-refractivity contribution in [3.8, 4) is 5.88 Å². The third-order valence-corrected chi connectivity index (χ3v) is 7.28. The first kappa shape index (κ1) is 19.2. The maximum atomic E-state index is 12.9. The number of aromatic nitrogens is 1. The molecular formula is C22H31N3O3. The van der Waals surface area contributed by atoms with E-state index in [-0.39, 0.29) is 23.1 Å². The number of pyridine rings is 1. The van der Waals surface area contributed by atoms with E-state index in [1.807, 2.05) is 11.0 Å². The van der Waals surface area contributed by atoms with Gasteiger partial charge in [-0.3, -0.25) is 9.59 Å². The predicted octanol–water partition coefficient (Wildman–Crippen LogP) is 3.43. The van der Waals surface area contributed by atoms with Crippen LogP contribution in [0.5, 0.6) is 5.88 Å². The van der Waals surface area contributed by atoms with Gasteiger partial charge in [0, 0.05) is 24.1 Å². The standard InChI is InChI=1S/C22H31N3O3/c1-4-22(5-2)11-17(22)19(26)23-12-14-10-16-18(24-20(14)28-3)13-25(21(16)27)15-8-6-7-9-15/h10,15,17H,4-9,11-13H2,1-3H3,(H,23,26). The van der Waals surface area contributed by atoms with Gasteiger partial charge in [-0.1, -0.05) is 26.7 Å². The second kappa shape index (κ2) is 7.37. The highest BCUT2D eigenvalue weighted by molar-refractivity contribution is 5.98. The van der Waals surface area contributed by atoms with E-state index in [2.05, 4.69) is 24.1 Å². The SMILES string of the molecule is CCC1(CC)CC1C(=O)NCc1cc2c(nc1OC)CN(C1CCCC1)C2=O. The van der Waals surface area contributed by atoms with Crippen molar-refractivity contribution in [2.45, 2.75) is 77.9 Å². The second-order valence-electron chi connectivity index (χ2n) is 8.57. The van der Waals surface area contributed by atoms with Crippen molar-refractivity contribution >= 4 is 11.8 Å². The van der Waals surface area contributed by atoms with Crippen LogP contribution in [0.15, 0.2) is 6.07 Å². The summed E-state index contributed by atoms with van der Waals surface area (Å²) in [4.78, 5) is 32.1. The number of hydrogen-bond donors (Lipinski definition) is 1. The Morgan fingerprint density at radius 1 is 1.32 bits per heavy atom. The van der Waals surface area contributed by atoms with Gasteiger partial charge in [-0.25, -0.2) is 4.98 Å². The molecule has 6 nitrogen and oxygen atoms in total. The van der Waals surface area contributed by atoms with Crippen LogP contribution in [0.3, 0.4) is 0 Å². The minimum atomic E-state index is 0.0720. The Labute approximate surface area is 167 Å². The van der Waals surface area contributed by atoms with E-state index < -0.39 is 0 Å². The molecule has 0 radical (unpaired) electrons. The van der Waals surface area contributed by atoms with E-state index in [1.54, 1.807) is 7.11 Å². The molecule has 4 rings (SSSR count). The molecule has 3 aliphatic rings. The first-order valence-electron chi connectivity index (χ1n) is 10.7. The fourth-order valence-corrected chi connectivity index (χ4v) is 5.14. The van der Waals surface area contributed by atoms with Crippen molar-refractivity contribution in [2.24, 2.45) is 11.3 Å². The van der Waals surface area contributed by atoms with Crippen molar-refractivity contribution in [2.75, 3.05) is 7.11 Å². The number of fused-ring (bicyclic) bond motifs is 1. The zero-order valence-electron chi connectivity index (χ0n) is 17.2. The van der Waals surface area contributed by atoms with Crippen molar-refractivity contribution < 1.29 is 14.3 Å². The van der Waals surface area contributed by atoms with Crippen molar-refractivity contribution in [1.29, 1.82) is 0 Å². The van der Waals surface area contributed by atoms with Crippen LogP contribution in [-0.2, 0) is 17.9 Å². The van der Waals surface area contributed by atoms with Gasteiger partial charge in [-0.15, -0.1) is 0 Å². The van der Waals surface area contributed by atoms with Gasteiger partial charge in [0.2, 0.25) is 11.8 Å². The molecule has 1 N–H and O–H groups in total. The summed E-state index contributed by atoms with van der Waals surface area (Å²) in [5.41, 5.74) is 2.42. The molecule has 152 valence electrons. The zero-order chi connectivity index (χ0) is 19.9. The number of hydrogen-bond acceptors (Lipinski definition) is 4. The van der Waals surface area contributed by atoms with Gasteiger partial charge in [0.15, 0.2) is 0 Å². The monoisotopic (exact) mass is 385 g/mol. The lowest BCUT2D eigenvalue weighted by atomic mass is 9.97. The quantitative estimate of drug-likeness (QED) is 0.781. The second-order valence-corrected chi connectivity index (χ2v) is 8.57. The van der Waals surface area contributed by atoms with Crippen molar-refractivity contribution in [3.05, 3.63) is 22.9 Å². The molecule has 6 heteroatoms. The molecule has 1 atom stereocenters. The van der Waals surface area contributed by atoms with E-state index >= 15 is 0 Å². The Balaban J connectivity index is 1.47. The van der Waals surface area contributed by atoms with Gasteiger partial charge in [0.25, 0.3) is 5.91 Å². The predicted molar refractivity (Wildman–Crippen MR) is 106 cm³/mol. The Morgan fingerprint density at radius 3 is 2.64 bits per heavy atom. The number of methoxy groups -OCH3 is 1. The molecule has 1 aromatic heterocycles. The molecule has 2 heterocycles. The molecule has 2 fully saturated rings. The van der Waals surface area contributed by atoms with Crippen LogP contribution in [0.2, 0.25) is 0 Å². The van der Waals surface area contributed by atoms with Crippen molar-refractivity contribution in [3.63, 3.8) is 0 Å². The Hall–Kier alpha value is -2.11. The van der Waals surface area contributed by atoms with E-state index in [1.165, 1.54) is 12.8 Å². The maximum absolute atomic E-state index is 12.9. The van der Waals surface area contributed by atoms with Crippen LogP contribution in [0.1, 0.15) is 80.4 Å². The van der Waals surface area contributed by atoms with Crippen LogP contribution in [-0.4, -0.2) is 34.8 Å². The van der Waals surface area contributed by atoms with Crippen LogP contribution >= 0.6 is 0 Å². The lowest BCUT2D eigenvalue weighted by Gasteiger charge is -2.22. The van der Waals surface area contributed by atoms with Gasteiger partial charge in [0.05, 0.1) is 24.9 Å². The third-order valence-electron chi connectivity index (χ3n) is 7.28. The molecule has 0 spiro atoms. The van der Waals surface area contributed by atoms with Gasteiger partial charge in [0.1, 0.15) is 0 Å². The fourth-order valence-electron chi connectivity index (χ4n) is 5.14. The highest BCUT2D eigenvalue weighted by Crippen LogP contribution is 2.57. The van der Waals surface area contributed by atoms with Crippen LogP contribution in [0, 0.1) is 11.3 Å². The smallest absolute Gasteiger partial charge is 0.256 e. The Morgan fingerprint density at radius 2 is 2.04 bits per heavy atom. The van der Waals surface area contributed by atoms with Gasteiger partial charge in [-0.05, 0) is 43.6 Å². The van der Waals surface area contributed by atoms with E-state index in [4.69, 9.17) is 4.74 Å². The van der Waals surface area contributed by atoms with Gasteiger partial charge < -0.3 is 15.0 Å². The normalized spacial score (nSPS) is 23.0. The first-order chi connectivity index (χ1) is 13.5. The van der Waals surface area contributed by atoms with Crippen molar-refractivity contribution in [1.82, 2.24) is 15.2 Å². The number of ether oxygens (including phenoxy) is 1. The number of carbonyl (C=O) groups excluding carboxylic acids is 2. The third kappa shape index (κ3) is 3.16. The largest absolute Gasteiger partial charge is 0.481 e. The highest BCUT2D eigenvalue weighted by atomic mass is 16.5. The summed E-state index contributed by atoms with van der Waals surface area (Å²) in [6, 6.07) is 2.21. The summed E-state index contributed by atoms with van der Waals surface area (Å²) >= 11 is 0. The van der Waals surface area contributed by atoms with Gasteiger partial charge in [-0.2, -0.15) is 0 Å². The molecule has 2 saturated carbocycles. The van der Waals surface area contributed by atoms with E-state index in [9.17, 15) is 9.59 Å². The van der Waals surface area contributed by atoms with Crippen LogP contribution in [0.25, 0.3) is 0 Å². The number of carbonyl (C=O) groups is 2. The fraction of sp³-hybridized carbons (Fsp3) is 0.682. The maximum Gasteiger partial charge on any atom is 0.256 e. The molecule has 1 unspecified atom stereocenters. The summed E-state index contributed by atoms with van der Waals surface area (Å²) in [5.74, 6) is 0.788. The average Bonchev–Trinajstić information content (AvgIpc) is 3.03. The minimum absolute atomic E-state index is 0.0720. The summed E-state index contributed by atoms with van der Waals surface area (Å²) in [6.45, 7) is 5.23. The summed E-state index contributed by atoms with van der Waals surface area (Å²) in [6.07, 6.45) is 7.59. The van der Waals surface area contributed by atoms with Crippen LogP contribution < -0.4 is 10.1 Å². The minimum Gasteiger partial charge on any atom is -0.481 e. The van der Waals surface area contributed by atoms with E-state index in [0.717, 1.165) is 43.4 Å². The number of rotatable bonds is 7. The summed E-state index contributed by atoms with van der Waals surface area (Å²) in [7, 11) is 1.59. The topological polar surface area (TPSA) is 71.5 Å². The molecule has 1 aromatic rings. The molecule has 0 bridgehead atoms. The summed E-state index contributed by atoms with van der Waals surface area (Å²) in [5, 5.41) is 3.05. The molecule has 0 aromatic carbocycles. The molecule has 2 amide bonds. The summed E-state index contributed by atoms with van der Waals surface area (Å²) < 4.78 is 5.47. The Kier molecular flexibility index (Phi) is 5.06. The van der Waals surface area contributed by atoms with Crippen LogP contribution in [0.4, 0.5) is 0 Å². The molecule has 28 heavy (non-hydrogen) atoms. The number of nitrogens with zero attached hydrogens (tertiary/aromatic N) is 2. The molecule has 0 saturated heterocycles. The first-order valence-corrected chi connectivity index (χ1v) is 10.7.